The van der Waals surface area contributed by atoms with Gasteiger partial charge in [-0.2, -0.15) is 0 Å². The standard InChI is InChI=1S/C18H21NO4S/c1-13(15-9-11-17(12-10-15)24(3,21)22)19-18(20)14(2)23-16-7-5-4-6-8-16/h4-14H,1-3H3,(H,19,20)/t13-,14-/m0/s1. The topological polar surface area (TPSA) is 72.5 Å². The first-order valence-corrected chi connectivity index (χ1v) is 9.48. The molecule has 0 fully saturated rings. The molecule has 0 aliphatic heterocycles. The third-order valence-electron chi connectivity index (χ3n) is 3.59. The fourth-order valence-electron chi connectivity index (χ4n) is 2.17. The van der Waals surface area contributed by atoms with Crippen LogP contribution in [0.4, 0.5) is 0 Å². The number of amides is 1. The van der Waals surface area contributed by atoms with Crippen LogP contribution in [-0.2, 0) is 14.6 Å². The van der Waals surface area contributed by atoms with Crippen molar-refractivity contribution in [3.63, 3.8) is 0 Å². The van der Waals surface area contributed by atoms with Crippen LogP contribution in [0.1, 0.15) is 25.5 Å². The van der Waals surface area contributed by atoms with E-state index in [2.05, 4.69) is 5.32 Å². The average Bonchev–Trinajstić information content (AvgIpc) is 2.55. The van der Waals surface area contributed by atoms with Crippen LogP contribution >= 0.6 is 0 Å². The lowest BCUT2D eigenvalue weighted by Gasteiger charge is -2.19. The summed E-state index contributed by atoms with van der Waals surface area (Å²) >= 11 is 0. The van der Waals surface area contributed by atoms with Crippen molar-refractivity contribution < 1.29 is 17.9 Å². The Balaban J connectivity index is 1.98. The normalized spacial score (nSPS) is 13.8. The third kappa shape index (κ3) is 4.83. The Morgan fingerprint density at radius 3 is 2.12 bits per heavy atom. The van der Waals surface area contributed by atoms with Gasteiger partial charge >= 0.3 is 0 Å². The van der Waals surface area contributed by atoms with Crippen LogP contribution in [0.25, 0.3) is 0 Å². The molecule has 0 aliphatic carbocycles. The molecule has 1 N–H and O–H groups in total. The van der Waals surface area contributed by atoms with Gasteiger partial charge in [0, 0.05) is 6.26 Å². The number of sulfone groups is 1. The van der Waals surface area contributed by atoms with Gasteiger partial charge in [0.2, 0.25) is 0 Å². The Bertz CT molecular complexity index is 786. The van der Waals surface area contributed by atoms with Crippen molar-refractivity contribution in [1.29, 1.82) is 0 Å². The van der Waals surface area contributed by atoms with Crippen LogP contribution in [0.3, 0.4) is 0 Å². The van der Waals surface area contributed by atoms with Crippen molar-refractivity contribution in [3.8, 4) is 5.75 Å². The monoisotopic (exact) mass is 347 g/mol. The van der Waals surface area contributed by atoms with E-state index in [1.807, 2.05) is 25.1 Å². The number of ether oxygens (including phenoxy) is 1. The minimum Gasteiger partial charge on any atom is -0.481 e. The van der Waals surface area contributed by atoms with Gasteiger partial charge in [-0.15, -0.1) is 0 Å². The van der Waals surface area contributed by atoms with E-state index in [1.165, 1.54) is 12.1 Å². The van der Waals surface area contributed by atoms with Crippen LogP contribution < -0.4 is 10.1 Å². The molecule has 24 heavy (non-hydrogen) atoms. The lowest BCUT2D eigenvalue weighted by Crippen LogP contribution is -2.37. The molecule has 128 valence electrons. The van der Waals surface area contributed by atoms with E-state index in [1.54, 1.807) is 31.2 Å². The van der Waals surface area contributed by atoms with Gasteiger partial charge < -0.3 is 10.1 Å². The highest BCUT2D eigenvalue weighted by Gasteiger charge is 2.18. The number of carbonyl (C=O) groups excluding carboxylic acids is 1. The predicted molar refractivity (Wildman–Crippen MR) is 92.6 cm³/mol. The van der Waals surface area contributed by atoms with Crippen LogP contribution in [-0.4, -0.2) is 26.7 Å². The quantitative estimate of drug-likeness (QED) is 0.872. The van der Waals surface area contributed by atoms with Crippen LogP contribution in [0.5, 0.6) is 5.75 Å². The van der Waals surface area contributed by atoms with Gasteiger partial charge in [0.15, 0.2) is 15.9 Å². The second-order valence-electron chi connectivity index (χ2n) is 5.64. The fraction of sp³-hybridized carbons (Fsp3) is 0.278. The molecule has 0 bridgehead atoms. The maximum absolute atomic E-state index is 12.2. The molecule has 2 aromatic rings. The molecule has 5 nitrogen and oxygen atoms in total. The Kier molecular flexibility index (Phi) is 5.62. The summed E-state index contributed by atoms with van der Waals surface area (Å²) < 4.78 is 28.5. The molecule has 0 aromatic heterocycles. The molecule has 0 spiro atoms. The molecular weight excluding hydrogens is 326 g/mol. The van der Waals surface area contributed by atoms with Gasteiger partial charge in [-0.3, -0.25) is 4.79 Å². The zero-order valence-corrected chi connectivity index (χ0v) is 14.7. The predicted octanol–water partition coefficient (Wildman–Crippen LogP) is 2.73. The molecule has 0 radical (unpaired) electrons. The van der Waals surface area contributed by atoms with Gasteiger partial charge in [-0.25, -0.2) is 8.42 Å². The van der Waals surface area contributed by atoms with Crippen molar-refractivity contribution in [2.24, 2.45) is 0 Å². The average molecular weight is 347 g/mol. The van der Waals surface area contributed by atoms with Crippen molar-refractivity contribution in [1.82, 2.24) is 5.32 Å². The second-order valence-corrected chi connectivity index (χ2v) is 7.66. The Morgan fingerprint density at radius 2 is 1.58 bits per heavy atom. The minimum atomic E-state index is -3.22. The molecule has 1 amide bonds. The van der Waals surface area contributed by atoms with E-state index in [0.717, 1.165) is 11.8 Å². The minimum absolute atomic E-state index is 0.237. The maximum atomic E-state index is 12.2. The maximum Gasteiger partial charge on any atom is 0.261 e. The molecule has 0 heterocycles. The first kappa shape index (κ1) is 18.0. The second kappa shape index (κ2) is 7.49. The highest BCUT2D eigenvalue weighted by atomic mass is 32.2. The van der Waals surface area contributed by atoms with Gasteiger partial charge in [-0.1, -0.05) is 30.3 Å². The van der Waals surface area contributed by atoms with E-state index in [0.29, 0.717) is 5.75 Å². The summed E-state index contributed by atoms with van der Waals surface area (Å²) in [4.78, 5) is 12.5. The SMILES string of the molecule is C[C@H](Oc1ccccc1)C(=O)N[C@@H](C)c1ccc(S(C)(=O)=O)cc1. The number of nitrogens with one attached hydrogen (secondary N) is 1. The van der Waals surface area contributed by atoms with E-state index >= 15 is 0 Å². The Labute approximate surface area is 142 Å². The highest BCUT2D eigenvalue weighted by Crippen LogP contribution is 2.17. The van der Waals surface area contributed by atoms with Crippen molar-refractivity contribution in [3.05, 3.63) is 60.2 Å². The van der Waals surface area contributed by atoms with Gasteiger partial charge in [-0.05, 0) is 43.7 Å². The molecule has 0 saturated heterocycles. The molecule has 2 atom stereocenters. The fourth-order valence-corrected chi connectivity index (χ4v) is 2.80. The summed E-state index contributed by atoms with van der Waals surface area (Å²) in [6.07, 6.45) is 0.528. The van der Waals surface area contributed by atoms with E-state index < -0.39 is 15.9 Å². The summed E-state index contributed by atoms with van der Waals surface area (Å²) in [5.41, 5.74) is 0.822. The molecule has 2 rings (SSSR count). The smallest absolute Gasteiger partial charge is 0.261 e. The summed E-state index contributed by atoms with van der Waals surface area (Å²) in [6.45, 7) is 3.52. The van der Waals surface area contributed by atoms with Crippen molar-refractivity contribution in [2.75, 3.05) is 6.26 Å². The van der Waals surface area contributed by atoms with E-state index in [-0.39, 0.29) is 16.8 Å². The number of hydrogen-bond acceptors (Lipinski definition) is 4. The number of hydrogen-bond donors (Lipinski definition) is 1. The Morgan fingerprint density at radius 1 is 1.00 bits per heavy atom. The summed E-state index contributed by atoms with van der Waals surface area (Å²) in [5.74, 6) is 0.392. The summed E-state index contributed by atoms with van der Waals surface area (Å²) in [7, 11) is -3.22. The molecule has 0 aliphatic rings. The third-order valence-corrected chi connectivity index (χ3v) is 4.72. The molecular formula is C18H21NO4S. The zero-order valence-electron chi connectivity index (χ0n) is 13.9. The zero-order chi connectivity index (χ0) is 17.7. The van der Waals surface area contributed by atoms with Crippen LogP contribution in [0.15, 0.2) is 59.5 Å². The lowest BCUT2D eigenvalue weighted by atomic mass is 10.1. The summed E-state index contributed by atoms with van der Waals surface area (Å²) in [5, 5.41) is 2.86. The van der Waals surface area contributed by atoms with Gasteiger partial charge in [0.1, 0.15) is 5.75 Å². The number of rotatable bonds is 6. The van der Waals surface area contributed by atoms with Crippen LogP contribution in [0, 0.1) is 0 Å². The molecule has 6 heteroatoms. The van der Waals surface area contributed by atoms with E-state index in [4.69, 9.17) is 4.74 Å². The lowest BCUT2D eigenvalue weighted by molar-refractivity contribution is -0.127. The van der Waals surface area contributed by atoms with Gasteiger partial charge in [0.25, 0.3) is 5.91 Å². The number of carbonyl (C=O) groups is 1. The first-order chi connectivity index (χ1) is 11.3. The van der Waals surface area contributed by atoms with E-state index in [9.17, 15) is 13.2 Å². The van der Waals surface area contributed by atoms with Crippen LogP contribution in [0.2, 0.25) is 0 Å². The molecule has 2 aromatic carbocycles. The summed E-state index contributed by atoms with van der Waals surface area (Å²) in [6, 6.07) is 15.3. The first-order valence-electron chi connectivity index (χ1n) is 7.59. The number of benzene rings is 2. The Hall–Kier alpha value is -2.34. The largest absolute Gasteiger partial charge is 0.481 e. The highest BCUT2D eigenvalue weighted by molar-refractivity contribution is 7.90. The molecule has 0 unspecified atom stereocenters. The number of para-hydroxylation sites is 1. The van der Waals surface area contributed by atoms with Gasteiger partial charge in [0.05, 0.1) is 10.9 Å². The van der Waals surface area contributed by atoms with Crippen molar-refractivity contribution >= 4 is 15.7 Å². The molecule has 0 saturated carbocycles. The van der Waals surface area contributed by atoms with Crippen molar-refractivity contribution in [2.45, 2.75) is 30.9 Å².